The van der Waals surface area contributed by atoms with E-state index in [2.05, 4.69) is 11.3 Å². The Hall–Kier alpha value is -3.24. The predicted molar refractivity (Wildman–Crippen MR) is 109 cm³/mol. The lowest BCUT2D eigenvalue weighted by Crippen LogP contribution is -2.34. The monoisotopic (exact) mass is 411 g/mol. The van der Waals surface area contributed by atoms with E-state index >= 15 is 0 Å². The number of anilines is 1. The van der Waals surface area contributed by atoms with Crippen LogP contribution in [0.25, 0.3) is 11.3 Å². The fraction of sp³-hybridized carbons (Fsp3) is 0.238. The number of nitrogens with zero attached hydrogens (tertiary/aromatic N) is 4. The van der Waals surface area contributed by atoms with E-state index in [0.717, 1.165) is 30.6 Å². The third-order valence-electron chi connectivity index (χ3n) is 4.92. The molecule has 1 aliphatic rings. The molecule has 0 saturated carbocycles. The topological polar surface area (TPSA) is 80.1 Å². The summed E-state index contributed by atoms with van der Waals surface area (Å²) in [5.41, 5.74) is 7.83. The fourth-order valence-corrected chi connectivity index (χ4v) is 3.67. The lowest BCUT2D eigenvalue weighted by Gasteiger charge is -2.29. The smallest absolute Gasteiger partial charge is 0.179 e. The number of hydrogen-bond acceptors (Lipinski definition) is 5. The second-order valence-corrected chi connectivity index (χ2v) is 7.35. The zero-order valence-electron chi connectivity index (χ0n) is 15.6. The molecule has 0 spiro atoms. The van der Waals surface area contributed by atoms with E-state index in [1.54, 1.807) is 17.0 Å². The molecule has 1 aromatic heterocycles. The van der Waals surface area contributed by atoms with Gasteiger partial charge in [-0.2, -0.15) is 10.4 Å². The Balaban J connectivity index is 1.51. The third kappa shape index (κ3) is 4.13. The average Bonchev–Trinajstić information content (AvgIpc) is 3.12. The normalized spacial score (nSPS) is 16.4. The summed E-state index contributed by atoms with van der Waals surface area (Å²) >= 11 is 6.01. The molecule has 0 aliphatic carbocycles. The first kappa shape index (κ1) is 19.1. The fourth-order valence-electron chi connectivity index (χ4n) is 3.47. The summed E-state index contributed by atoms with van der Waals surface area (Å²) in [5, 5.41) is 14.0. The van der Waals surface area contributed by atoms with E-state index < -0.39 is 5.82 Å². The van der Waals surface area contributed by atoms with Crippen LogP contribution in [0.2, 0.25) is 5.02 Å². The Bertz CT molecular complexity index is 1060. The zero-order chi connectivity index (χ0) is 20.4. The minimum absolute atomic E-state index is 0.0837. The highest BCUT2D eigenvalue weighted by atomic mass is 35.5. The van der Waals surface area contributed by atoms with Crippen molar-refractivity contribution >= 4 is 17.4 Å². The van der Waals surface area contributed by atoms with Crippen LogP contribution in [-0.4, -0.2) is 27.8 Å². The van der Waals surface area contributed by atoms with Gasteiger partial charge in [0.25, 0.3) is 0 Å². The molecule has 2 heterocycles. The Morgan fingerprint density at radius 2 is 2.00 bits per heavy atom. The second kappa shape index (κ2) is 8.02. The van der Waals surface area contributed by atoms with E-state index in [9.17, 15) is 4.39 Å². The van der Waals surface area contributed by atoms with Gasteiger partial charge in [0.15, 0.2) is 6.19 Å². The summed E-state index contributed by atoms with van der Waals surface area (Å²) in [6.45, 7) is 1.40. The van der Waals surface area contributed by atoms with Crippen molar-refractivity contribution in [1.29, 1.82) is 5.26 Å². The number of hydrogen-bond donors (Lipinski definition) is 1. The minimum atomic E-state index is -0.415. The van der Waals surface area contributed by atoms with Gasteiger partial charge in [0.1, 0.15) is 23.1 Å². The molecule has 0 radical (unpaired) electrons. The number of nitrogen functional groups attached to an aromatic ring is 1. The molecule has 2 aromatic carbocycles. The van der Waals surface area contributed by atoms with Crippen molar-refractivity contribution in [2.24, 2.45) is 0 Å². The standard InChI is InChI=1S/C21H19ClFN5O/c22-18-10-15(23)5-8-20(18)29-17-6-3-14(4-7-17)19-11-21(25)28(26-19)16-2-1-9-27(12-16)13-24/h3-8,10-11,16H,1-2,9,12,25H2/t16-/m0/s1. The van der Waals surface area contributed by atoms with Gasteiger partial charge in [0.05, 0.1) is 23.3 Å². The SMILES string of the molecule is N#CN1CCC[C@H](n2nc(-c3ccc(Oc4ccc(F)cc4Cl)cc3)cc2N)C1. The van der Waals surface area contributed by atoms with Crippen molar-refractivity contribution in [1.82, 2.24) is 14.7 Å². The molecule has 148 valence electrons. The van der Waals surface area contributed by atoms with E-state index in [1.165, 1.54) is 18.2 Å². The van der Waals surface area contributed by atoms with Crippen LogP contribution in [0.4, 0.5) is 10.2 Å². The summed E-state index contributed by atoms with van der Waals surface area (Å²) in [7, 11) is 0. The molecule has 6 nitrogen and oxygen atoms in total. The maximum atomic E-state index is 13.2. The molecule has 4 rings (SSSR count). The van der Waals surface area contributed by atoms with E-state index in [1.807, 2.05) is 22.9 Å². The molecule has 1 atom stereocenters. The van der Waals surface area contributed by atoms with Crippen molar-refractivity contribution < 1.29 is 9.13 Å². The number of nitriles is 1. The zero-order valence-corrected chi connectivity index (χ0v) is 16.3. The molecular formula is C21H19ClFN5O. The van der Waals surface area contributed by atoms with Crippen LogP contribution in [0, 0.1) is 17.3 Å². The molecule has 1 aliphatic heterocycles. The first-order valence-electron chi connectivity index (χ1n) is 9.26. The first-order chi connectivity index (χ1) is 14.0. The number of likely N-dealkylation sites (tertiary alicyclic amines) is 1. The number of ether oxygens (including phenoxy) is 1. The Morgan fingerprint density at radius 3 is 2.72 bits per heavy atom. The number of aromatic nitrogens is 2. The largest absolute Gasteiger partial charge is 0.456 e. The average molecular weight is 412 g/mol. The van der Waals surface area contributed by atoms with Crippen molar-refractivity contribution in [3.8, 4) is 28.9 Å². The molecule has 1 fully saturated rings. The maximum Gasteiger partial charge on any atom is 0.179 e. The van der Waals surface area contributed by atoms with Gasteiger partial charge in [0, 0.05) is 18.2 Å². The van der Waals surface area contributed by atoms with Crippen LogP contribution in [0.15, 0.2) is 48.5 Å². The Kier molecular flexibility index (Phi) is 5.28. The maximum absolute atomic E-state index is 13.2. The number of benzene rings is 2. The highest BCUT2D eigenvalue weighted by Gasteiger charge is 2.23. The molecule has 8 heteroatoms. The molecule has 29 heavy (non-hydrogen) atoms. The number of rotatable bonds is 4. The summed E-state index contributed by atoms with van der Waals surface area (Å²) in [5.74, 6) is 1.12. The molecule has 1 saturated heterocycles. The van der Waals surface area contributed by atoms with Gasteiger partial charge in [0.2, 0.25) is 0 Å². The van der Waals surface area contributed by atoms with E-state index in [0.29, 0.717) is 23.9 Å². The van der Waals surface area contributed by atoms with Gasteiger partial charge in [-0.05, 0) is 55.3 Å². The lowest BCUT2D eigenvalue weighted by atomic mass is 10.1. The quantitative estimate of drug-likeness (QED) is 0.621. The highest BCUT2D eigenvalue weighted by Crippen LogP contribution is 2.32. The van der Waals surface area contributed by atoms with Crippen LogP contribution in [0.5, 0.6) is 11.5 Å². The number of halogens is 2. The minimum Gasteiger partial charge on any atom is -0.456 e. The van der Waals surface area contributed by atoms with Gasteiger partial charge in [-0.15, -0.1) is 0 Å². The second-order valence-electron chi connectivity index (χ2n) is 6.94. The van der Waals surface area contributed by atoms with E-state index in [4.69, 9.17) is 27.3 Å². The summed E-state index contributed by atoms with van der Waals surface area (Å²) in [4.78, 5) is 1.74. The summed E-state index contributed by atoms with van der Waals surface area (Å²) in [6.07, 6.45) is 4.08. The van der Waals surface area contributed by atoms with Gasteiger partial charge in [-0.25, -0.2) is 9.07 Å². The molecule has 2 N–H and O–H groups in total. The predicted octanol–water partition coefficient (Wildman–Crippen LogP) is 4.84. The molecule has 0 bridgehead atoms. The molecular weight excluding hydrogens is 393 g/mol. The van der Waals surface area contributed by atoms with Gasteiger partial charge >= 0.3 is 0 Å². The van der Waals surface area contributed by atoms with Crippen LogP contribution in [-0.2, 0) is 0 Å². The summed E-state index contributed by atoms with van der Waals surface area (Å²) in [6, 6.07) is 13.2. The van der Waals surface area contributed by atoms with Crippen molar-refractivity contribution in [2.45, 2.75) is 18.9 Å². The van der Waals surface area contributed by atoms with Crippen LogP contribution in [0.1, 0.15) is 18.9 Å². The van der Waals surface area contributed by atoms with Gasteiger partial charge in [-0.3, -0.25) is 0 Å². The third-order valence-corrected chi connectivity index (χ3v) is 5.22. The molecule has 3 aromatic rings. The Morgan fingerprint density at radius 1 is 1.21 bits per heavy atom. The number of piperidine rings is 1. The molecule has 0 amide bonds. The lowest BCUT2D eigenvalue weighted by molar-refractivity contribution is 0.235. The van der Waals surface area contributed by atoms with Crippen molar-refractivity contribution in [3.63, 3.8) is 0 Å². The molecule has 0 unspecified atom stereocenters. The van der Waals surface area contributed by atoms with Crippen LogP contribution in [0.3, 0.4) is 0 Å². The first-order valence-corrected chi connectivity index (χ1v) is 9.64. The van der Waals surface area contributed by atoms with Crippen LogP contribution >= 0.6 is 11.6 Å². The van der Waals surface area contributed by atoms with Crippen molar-refractivity contribution in [3.05, 3.63) is 59.4 Å². The van der Waals surface area contributed by atoms with Gasteiger partial charge < -0.3 is 15.4 Å². The Labute approximate surface area is 172 Å². The van der Waals surface area contributed by atoms with Crippen LogP contribution < -0.4 is 10.5 Å². The summed E-state index contributed by atoms with van der Waals surface area (Å²) < 4.78 is 20.7. The van der Waals surface area contributed by atoms with Crippen molar-refractivity contribution in [2.75, 3.05) is 18.8 Å². The van der Waals surface area contributed by atoms with Gasteiger partial charge in [-0.1, -0.05) is 11.6 Å². The number of nitrogens with two attached hydrogens (primary N) is 1. The highest BCUT2D eigenvalue weighted by molar-refractivity contribution is 6.32. The van der Waals surface area contributed by atoms with E-state index in [-0.39, 0.29) is 11.1 Å².